The molecule has 118 valence electrons. The van der Waals surface area contributed by atoms with Crippen LogP contribution in [0.25, 0.3) is 0 Å². The SMILES string of the molecule is CC(C)[C@H](C(=O)N1CCC[C@@H](n2cccn2)C1)n1cncn1. The van der Waals surface area contributed by atoms with Crippen molar-refractivity contribution in [1.82, 2.24) is 29.4 Å². The first-order chi connectivity index (χ1) is 10.7. The first kappa shape index (κ1) is 14.7. The number of amides is 1. The Kier molecular flexibility index (Phi) is 4.22. The quantitative estimate of drug-likeness (QED) is 0.859. The Labute approximate surface area is 129 Å². The lowest BCUT2D eigenvalue weighted by Crippen LogP contribution is -2.45. The van der Waals surface area contributed by atoms with Crippen molar-refractivity contribution in [2.45, 2.75) is 38.8 Å². The first-order valence-corrected chi connectivity index (χ1v) is 7.79. The van der Waals surface area contributed by atoms with Gasteiger partial charge in [0.15, 0.2) is 0 Å². The van der Waals surface area contributed by atoms with E-state index >= 15 is 0 Å². The molecule has 1 aliphatic rings. The molecule has 2 aromatic heterocycles. The van der Waals surface area contributed by atoms with Gasteiger partial charge >= 0.3 is 0 Å². The average molecular weight is 302 g/mol. The molecule has 1 aliphatic heterocycles. The molecule has 2 atom stereocenters. The van der Waals surface area contributed by atoms with Gasteiger partial charge < -0.3 is 4.90 Å². The van der Waals surface area contributed by atoms with Crippen LogP contribution < -0.4 is 0 Å². The third-order valence-corrected chi connectivity index (χ3v) is 4.21. The lowest BCUT2D eigenvalue weighted by molar-refractivity contribution is -0.138. The molecule has 1 saturated heterocycles. The minimum absolute atomic E-state index is 0.123. The largest absolute Gasteiger partial charge is 0.339 e. The van der Waals surface area contributed by atoms with Gasteiger partial charge in [-0.05, 0) is 24.8 Å². The minimum Gasteiger partial charge on any atom is -0.339 e. The summed E-state index contributed by atoms with van der Waals surface area (Å²) < 4.78 is 3.63. The van der Waals surface area contributed by atoms with Crippen molar-refractivity contribution in [2.24, 2.45) is 5.92 Å². The van der Waals surface area contributed by atoms with E-state index in [0.29, 0.717) is 6.54 Å². The number of rotatable bonds is 4. The van der Waals surface area contributed by atoms with Crippen molar-refractivity contribution >= 4 is 5.91 Å². The minimum atomic E-state index is -0.293. The number of hydrogen-bond acceptors (Lipinski definition) is 4. The topological polar surface area (TPSA) is 68.8 Å². The van der Waals surface area contributed by atoms with Crippen LogP contribution in [-0.2, 0) is 4.79 Å². The Hall–Kier alpha value is -2.18. The monoisotopic (exact) mass is 302 g/mol. The van der Waals surface area contributed by atoms with Gasteiger partial charge in [0.05, 0.1) is 6.04 Å². The van der Waals surface area contributed by atoms with E-state index in [1.165, 1.54) is 6.33 Å². The zero-order valence-electron chi connectivity index (χ0n) is 13.0. The predicted octanol–water partition coefficient (Wildman–Crippen LogP) is 1.54. The Morgan fingerprint density at radius 2 is 2.18 bits per heavy atom. The smallest absolute Gasteiger partial charge is 0.247 e. The fraction of sp³-hybridized carbons (Fsp3) is 0.600. The van der Waals surface area contributed by atoms with Crippen molar-refractivity contribution in [1.29, 1.82) is 0 Å². The van der Waals surface area contributed by atoms with Crippen LogP contribution in [0.1, 0.15) is 38.8 Å². The van der Waals surface area contributed by atoms with E-state index in [1.54, 1.807) is 17.2 Å². The molecule has 2 aromatic rings. The molecule has 7 heteroatoms. The lowest BCUT2D eigenvalue weighted by atomic mass is 10.00. The second-order valence-corrected chi connectivity index (χ2v) is 6.13. The summed E-state index contributed by atoms with van der Waals surface area (Å²) in [5.41, 5.74) is 0. The second-order valence-electron chi connectivity index (χ2n) is 6.13. The number of hydrogen-bond donors (Lipinski definition) is 0. The Morgan fingerprint density at radius 1 is 1.32 bits per heavy atom. The summed E-state index contributed by atoms with van der Waals surface area (Å²) in [5.74, 6) is 0.289. The highest BCUT2D eigenvalue weighted by atomic mass is 16.2. The highest BCUT2D eigenvalue weighted by Crippen LogP contribution is 2.25. The van der Waals surface area contributed by atoms with E-state index in [1.807, 2.05) is 35.7 Å². The summed E-state index contributed by atoms with van der Waals surface area (Å²) in [6.07, 6.45) is 8.91. The molecule has 0 N–H and O–H groups in total. The van der Waals surface area contributed by atoms with Crippen molar-refractivity contribution in [3.05, 3.63) is 31.1 Å². The van der Waals surface area contributed by atoms with Crippen molar-refractivity contribution in [3.8, 4) is 0 Å². The summed E-state index contributed by atoms with van der Waals surface area (Å²) >= 11 is 0. The number of carbonyl (C=O) groups is 1. The number of piperidine rings is 1. The molecule has 3 rings (SSSR count). The first-order valence-electron chi connectivity index (χ1n) is 7.79. The van der Waals surface area contributed by atoms with Crippen molar-refractivity contribution in [3.63, 3.8) is 0 Å². The van der Waals surface area contributed by atoms with E-state index in [-0.39, 0.29) is 23.9 Å². The van der Waals surface area contributed by atoms with Gasteiger partial charge in [-0.25, -0.2) is 9.67 Å². The summed E-state index contributed by atoms with van der Waals surface area (Å²) in [4.78, 5) is 18.9. The molecule has 7 nitrogen and oxygen atoms in total. The Bertz CT molecular complexity index is 592. The Balaban J connectivity index is 1.75. The van der Waals surface area contributed by atoms with Gasteiger partial charge in [0.1, 0.15) is 18.7 Å². The van der Waals surface area contributed by atoms with E-state index in [2.05, 4.69) is 15.2 Å². The zero-order chi connectivity index (χ0) is 15.5. The van der Waals surface area contributed by atoms with E-state index < -0.39 is 0 Å². The number of aromatic nitrogens is 5. The van der Waals surface area contributed by atoms with Crippen LogP contribution in [0.5, 0.6) is 0 Å². The molecule has 1 fully saturated rings. The van der Waals surface area contributed by atoms with Crippen LogP contribution in [0.15, 0.2) is 31.1 Å². The normalized spacial score (nSPS) is 20.3. The van der Waals surface area contributed by atoms with Gasteiger partial charge in [0.25, 0.3) is 0 Å². The number of carbonyl (C=O) groups excluding carboxylic acids is 1. The molecule has 3 heterocycles. The second kappa shape index (κ2) is 6.29. The molecule has 0 unspecified atom stereocenters. The third kappa shape index (κ3) is 2.88. The third-order valence-electron chi connectivity index (χ3n) is 4.21. The van der Waals surface area contributed by atoms with Crippen LogP contribution in [0.3, 0.4) is 0 Å². The predicted molar refractivity (Wildman–Crippen MR) is 81.0 cm³/mol. The highest BCUT2D eigenvalue weighted by Gasteiger charge is 2.32. The van der Waals surface area contributed by atoms with Crippen LogP contribution in [-0.4, -0.2) is 48.4 Å². The van der Waals surface area contributed by atoms with Crippen LogP contribution in [0.2, 0.25) is 0 Å². The molecule has 0 aromatic carbocycles. The molecule has 22 heavy (non-hydrogen) atoms. The summed E-state index contributed by atoms with van der Waals surface area (Å²) in [7, 11) is 0. The van der Waals surface area contributed by atoms with E-state index in [0.717, 1.165) is 19.4 Å². The molecular weight excluding hydrogens is 280 g/mol. The molecule has 0 bridgehead atoms. The van der Waals surface area contributed by atoms with Crippen LogP contribution in [0.4, 0.5) is 0 Å². The maximum Gasteiger partial charge on any atom is 0.247 e. The summed E-state index contributed by atoms with van der Waals surface area (Å²) in [6, 6.07) is 1.89. The van der Waals surface area contributed by atoms with Gasteiger partial charge in [0, 0.05) is 25.5 Å². The number of likely N-dealkylation sites (tertiary alicyclic amines) is 1. The Morgan fingerprint density at radius 3 is 2.82 bits per heavy atom. The fourth-order valence-corrected chi connectivity index (χ4v) is 3.12. The maximum absolute atomic E-state index is 13.0. The molecule has 0 spiro atoms. The van der Waals surface area contributed by atoms with Crippen molar-refractivity contribution < 1.29 is 4.79 Å². The van der Waals surface area contributed by atoms with Crippen LogP contribution in [0, 0.1) is 5.92 Å². The van der Waals surface area contributed by atoms with Gasteiger partial charge in [-0.3, -0.25) is 9.48 Å². The van der Waals surface area contributed by atoms with Gasteiger partial charge in [-0.2, -0.15) is 10.2 Å². The van der Waals surface area contributed by atoms with Crippen molar-refractivity contribution in [2.75, 3.05) is 13.1 Å². The highest BCUT2D eigenvalue weighted by molar-refractivity contribution is 5.80. The van der Waals surface area contributed by atoms with E-state index in [4.69, 9.17) is 0 Å². The fourth-order valence-electron chi connectivity index (χ4n) is 3.12. The summed E-state index contributed by atoms with van der Waals surface area (Å²) in [5, 5.41) is 8.48. The zero-order valence-corrected chi connectivity index (χ0v) is 13.0. The van der Waals surface area contributed by atoms with Gasteiger partial charge in [0.2, 0.25) is 5.91 Å². The van der Waals surface area contributed by atoms with Gasteiger partial charge in [-0.15, -0.1) is 0 Å². The van der Waals surface area contributed by atoms with Gasteiger partial charge in [-0.1, -0.05) is 13.8 Å². The molecule has 0 saturated carbocycles. The molecule has 0 radical (unpaired) electrons. The molecular formula is C15H22N6O. The molecule has 1 amide bonds. The molecule has 0 aliphatic carbocycles. The summed E-state index contributed by atoms with van der Waals surface area (Å²) in [6.45, 7) is 5.59. The standard InChI is InChI=1S/C15H22N6O/c1-12(2)14(21-11-16-10-18-21)15(22)19-7-3-5-13(9-19)20-8-4-6-17-20/h4,6,8,10-14H,3,5,7,9H2,1-2H3/t13-,14-/m1/s1. The maximum atomic E-state index is 13.0. The average Bonchev–Trinajstić information content (AvgIpc) is 3.21. The number of nitrogens with zero attached hydrogens (tertiary/aromatic N) is 6. The lowest BCUT2D eigenvalue weighted by Gasteiger charge is -2.35. The van der Waals surface area contributed by atoms with Crippen LogP contribution >= 0.6 is 0 Å². The van der Waals surface area contributed by atoms with E-state index in [9.17, 15) is 4.79 Å².